The summed E-state index contributed by atoms with van der Waals surface area (Å²) in [7, 11) is 0. The second kappa shape index (κ2) is 6.76. The molecule has 0 saturated carbocycles. The van der Waals surface area contributed by atoms with Gasteiger partial charge in [0.25, 0.3) is 0 Å². The van der Waals surface area contributed by atoms with Crippen LogP contribution in [0.25, 0.3) is 5.82 Å². The van der Waals surface area contributed by atoms with Crippen molar-refractivity contribution < 1.29 is 9.53 Å². The summed E-state index contributed by atoms with van der Waals surface area (Å²) in [6.07, 6.45) is 1.10. The van der Waals surface area contributed by atoms with Gasteiger partial charge in [-0.1, -0.05) is 45.0 Å². The first-order chi connectivity index (χ1) is 11.9. The molecule has 0 fully saturated rings. The lowest BCUT2D eigenvalue weighted by molar-refractivity contribution is 0.215. The number of benzene rings is 1. The fourth-order valence-corrected chi connectivity index (χ4v) is 2.22. The molecule has 128 valence electrons. The zero-order valence-corrected chi connectivity index (χ0v) is 14.4. The number of carbonyl (C=O) groups is 1. The predicted octanol–water partition coefficient (Wildman–Crippen LogP) is 4.18. The lowest BCUT2D eigenvalue weighted by atomic mass is 9.92. The molecule has 0 bridgehead atoms. The van der Waals surface area contributed by atoms with E-state index in [4.69, 9.17) is 4.74 Å². The zero-order valence-electron chi connectivity index (χ0n) is 14.4. The highest BCUT2D eigenvalue weighted by molar-refractivity contribution is 5.85. The van der Waals surface area contributed by atoms with Crippen LogP contribution in [0.2, 0.25) is 0 Å². The van der Waals surface area contributed by atoms with Crippen molar-refractivity contribution in [2.45, 2.75) is 26.2 Å². The lowest BCUT2D eigenvalue weighted by Gasteiger charge is -2.13. The van der Waals surface area contributed by atoms with Gasteiger partial charge in [0.05, 0.1) is 5.69 Å². The third-order valence-electron chi connectivity index (χ3n) is 3.53. The van der Waals surface area contributed by atoms with Gasteiger partial charge in [-0.15, -0.1) is 0 Å². The number of rotatable bonds is 3. The van der Waals surface area contributed by atoms with Crippen LogP contribution in [0.1, 0.15) is 26.5 Å². The van der Waals surface area contributed by atoms with E-state index in [2.05, 4.69) is 36.2 Å². The number of aromatic nitrogens is 3. The highest BCUT2D eigenvalue weighted by Crippen LogP contribution is 2.26. The molecule has 1 N–H and O–H groups in total. The summed E-state index contributed by atoms with van der Waals surface area (Å²) in [5.74, 6) is 1.59. The van der Waals surface area contributed by atoms with E-state index in [1.807, 2.05) is 30.3 Å². The Bertz CT molecular complexity index is 852. The lowest BCUT2D eigenvalue weighted by Crippen LogP contribution is -2.19. The molecule has 6 heteroatoms. The predicted molar refractivity (Wildman–Crippen MR) is 96.1 cm³/mol. The van der Waals surface area contributed by atoms with Gasteiger partial charge in [-0.25, -0.2) is 9.78 Å². The normalized spacial score (nSPS) is 11.2. The van der Waals surface area contributed by atoms with Gasteiger partial charge in [-0.3, -0.25) is 5.32 Å². The standard InChI is InChI=1S/C19H20N4O2/c1-19(2,3)15-13-17(23(22-15)16-11-7-8-12-20-16)21-18(24)25-14-9-5-4-6-10-14/h4-13H,1-3H3,(H,21,24). The third-order valence-corrected chi connectivity index (χ3v) is 3.53. The van der Waals surface area contributed by atoms with Crippen molar-refractivity contribution in [1.29, 1.82) is 0 Å². The molecule has 1 amide bonds. The zero-order chi connectivity index (χ0) is 17.9. The van der Waals surface area contributed by atoms with Crippen LogP contribution in [-0.2, 0) is 5.41 Å². The van der Waals surface area contributed by atoms with Gasteiger partial charge < -0.3 is 4.74 Å². The van der Waals surface area contributed by atoms with E-state index in [0.717, 1.165) is 5.69 Å². The molecule has 25 heavy (non-hydrogen) atoms. The molecule has 0 spiro atoms. The van der Waals surface area contributed by atoms with Crippen LogP contribution >= 0.6 is 0 Å². The maximum Gasteiger partial charge on any atom is 0.418 e. The highest BCUT2D eigenvalue weighted by atomic mass is 16.6. The molecule has 3 aromatic rings. The number of nitrogens with zero attached hydrogens (tertiary/aromatic N) is 3. The van der Waals surface area contributed by atoms with Crippen molar-refractivity contribution in [2.24, 2.45) is 0 Å². The molecular weight excluding hydrogens is 316 g/mol. The van der Waals surface area contributed by atoms with Crippen molar-refractivity contribution in [3.05, 3.63) is 66.5 Å². The number of para-hydroxylation sites is 1. The first-order valence-electron chi connectivity index (χ1n) is 7.99. The molecule has 2 aromatic heterocycles. The monoisotopic (exact) mass is 336 g/mol. The summed E-state index contributed by atoms with van der Waals surface area (Å²) in [6, 6.07) is 16.3. The van der Waals surface area contributed by atoms with Crippen LogP contribution in [0, 0.1) is 0 Å². The van der Waals surface area contributed by atoms with Crippen LogP contribution in [0.4, 0.5) is 10.6 Å². The maximum atomic E-state index is 12.2. The van der Waals surface area contributed by atoms with Crippen LogP contribution in [0.5, 0.6) is 5.75 Å². The summed E-state index contributed by atoms with van der Waals surface area (Å²) >= 11 is 0. The summed E-state index contributed by atoms with van der Waals surface area (Å²) in [6.45, 7) is 6.18. The number of carbonyl (C=O) groups excluding carboxylic acids is 1. The Morgan fingerprint density at radius 1 is 1.08 bits per heavy atom. The van der Waals surface area contributed by atoms with E-state index in [-0.39, 0.29) is 5.41 Å². The summed E-state index contributed by atoms with van der Waals surface area (Å²) in [4.78, 5) is 16.5. The van der Waals surface area contributed by atoms with E-state index in [1.165, 1.54) is 0 Å². The Kier molecular flexibility index (Phi) is 4.52. The number of nitrogens with one attached hydrogen (secondary N) is 1. The topological polar surface area (TPSA) is 69.0 Å². The molecule has 1 aromatic carbocycles. The van der Waals surface area contributed by atoms with Crippen LogP contribution in [0.15, 0.2) is 60.8 Å². The highest BCUT2D eigenvalue weighted by Gasteiger charge is 2.22. The minimum atomic E-state index is -0.580. The minimum absolute atomic E-state index is 0.167. The van der Waals surface area contributed by atoms with E-state index < -0.39 is 6.09 Å². The summed E-state index contributed by atoms with van der Waals surface area (Å²) < 4.78 is 6.90. The quantitative estimate of drug-likeness (QED) is 0.779. The van der Waals surface area contributed by atoms with Crippen molar-refractivity contribution in [3.63, 3.8) is 0 Å². The van der Waals surface area contributed by atoms with E-state index in [0.29, 0.717) is 17.4 Å². The Hall–Kier alpha value is -3.15. The van der Waals surface area contributed by atoms with Crippen molar-refractivity contribution >= 4 is 11.9 Å². The average Bonchev–Trinajstić information content (AvgIpc) is 3.00. The van der Waals surface area contributed by atoms with Crippen molar-refractivity contribution in [2.75, 3.05) is 5.32 Å². The largest absolute Gasteiger partial charge is 0.418 e. The number of anilines is 1. The number of ether oxygens (including phenoxy) is 1. The smallest absolute Gasteiger partial charge is 0.410 e. The number of amides is 1. The van der Waals surface area contributed by atoms with Crippen LogP contribution < -0.4 is 10.1 Å². The Labute approximate surface area is 146 Å². The van der Waals surface area contributed by atoms with E-state index >= 15 is 0 Å². The van der Waals surface area contributed by atoms with Gasteiger partial charge >= 0.3 is 6.09 Å². The second-order valence-corrected chi connectivity index (χ2v) is 6.59. The van der Waals surface area contributed by atoms with Gasteiger partial charge in [0, 0.05) is 17.7 Å². The Morgan fingerprint density at radius 3 is 2.44 bits per heavy atom. The Balaban J connectivity index is 1.89. The fraction of sp³-hybridized carbons (Fsp3) is 0.211. The Morgan fingerprint density at radius 2 is 1.80 bits per heavy atom. The fourth-order valence-electron chi connectivity index (χ4n) is 2.22. The average molecular weight is 336 g/mol. The molecule has 0 radical (unpaired) electrons. The van der Waals surface area contributed by atoms with E-state index in [1.54, 1.807) is 35.1 Å². The number of hydrogen-bond acceptors (Lipinski definition) is 4. The molecule has 0 atom stereocenters. The van der Waals surface area contributed by atoms with Crippen LogP contribution in [0.3, 0.4) is 0 Å². The molecule has 0 saturated heterocycles. The first kappa shape index (κ1) is 16.7. The number of hydrogen-bond donors (Lipinski definition) is 1. The maximum absolute atomic E-state index is 12.2. The molecule has 0 aliphatic rings. The molecule has 0 aliphatic carbocycles. The van der Waals surface area contributed by atoms with Gasteiger partial charge in [-0.2, -0.15) is 9.78 Å². The van der Waals surface area contributed by atoms with E-state index in [9.17, 15) is 4.79 Å². The van der Waals surface area contributed by atoms with Crippen molar-refractivity contribution in [3.8, 4) is 11.6 Å². The number of pyridine rings is 1. The van der Waals surface area contributed by atoms with Gasteiger partial charge in [0.1, 0.15) is 11.6 Å². The second-order valence-electron chi connectivity index (χ2n) is 6.59. The van der Waals surface area contributed by atoms with Crippen molar-refractivity contribution in [1.82, 2.24) is 14.8 Å². The van der Waals surface area contributed by atoms with Gasteiger partial charge in [-0.05, 0) is 24.3 Å². The first-order valence-corrected chi connectivity index (χ1v) is 7.99. The molecule has 2 heterocycles. The SMILES string of the molecule is CC(C)(C)c1cc(NC(=O)Oc2ccccc2)n(-c2ccccn2)n1. The van der Waals surface area contributed by atoms with Crippen LogP contribution in [-0.4, -0.2) is 20.9 Å². The molecular formula is C19H20N4O2. The molecule has 0 unspecified atom stereocenters. The molecule has 0 aliphatic heterocycles. The summed E-state index contributed by atoms with van der Waals surface area (Å²) in [5, 5.41) is 7.34. The van der Waals surface area contributed by atoms with Gasteiger partial charge in [0.2, 0.25) is 0 Å². The van der Waals surface area contributed by atoms with Gasteiger partial charge in [0.15, 0.2) is 5.82 Å². The molecule has 3 rings (SSSR count). The minimum Gasteiger partial charge on any atom is -0.410 e. The third kappa shape index (κ3) is 4.03. The summed E-state index contributed by atoms with van der Waals surface area (Å²) in [5.41, 5.74) is 0.674. The molecule has 6 nitrogen and oxygen atoms in total.